The molecule has 88 valence electrons. The molecule has 0 saturated carbocycles. The predicted octanol–water partition coefficient (Wildman–Crippen LogP) is 2.77. The number of nitrogens with zero attached hydrogens (tertiary/aromatic N) is 2. The number of carbonyl (C=O) groups is 1. The Morgan fingerprint density at radius 3 is 2.69 bits per heavy atom. The van der Waals surface area contributed by atoms with Crippen LogP contribution in [-0.4, -0.2) is 23.9 Å². The molecule has 3 heteroatoms. The highest BCUT2D eigenvalue weighted by Gasteiger charge is 2.09. The Morgan fingerprint density at radius 2 is 2.19 bits per heavy atom. The van der Waals surface area contributed by atoms with Crippen LogP contribution in [0.15, 0.2) is 18.3 Å². The smallest absolute Gasteiger partial charge is 0.159 e. The average Bonchev–Trinajstić information content (AvgIpc) is 2.25. The van der Waals surface area contributed by atoms with Crippen molar-refractivity contribution in [2.75, 3.05) is 18.0 Å². The topological polar surface area (TPSA) is 33.2 Å². The lowest BCUT2D eigenvalue weighted by molar-refractivity contribution is 0.101. The summed E-state index contributed by atoms with van der Waals surface area (Å²) < 4.78 is 0. The second kappa shape index (κ2) is 5.64. The Hall–Kier alpha value is -1.38. The number of anilines is 1. The van der Waals surface area contributed by atoms with Gasteiger partial charge in [-0.2, -0.15) is 0 Å². The summed E-state index contributed by atoms with van der Waals surface area (Å²) in [7, 11) is 0. The van der Waals surface area contributed by atoms with E-state index in [0.29, 0.717) is 5.92 Å². The summed E-state index contributed by atoms with van der Waals surface area (Å²) in [5.74, 6) is 1.57. The highest BCUT2D eigenvalue weighted by molar-refractivity contribution is 5.94. The molecule has 1 rings (SSSR count). The van der Waals surface area contributed by atoms with E-state index in [2.05, 4.69) is 30.7 Å². The number of rotatable bonds is 5. The molecule has 0 saturated heterocycles. The van der Waals surface area contributed by atoms with Crippen molar-refractivity contribution in [3.8, 4) is 0 Å². The molecule has 0 atom stereocenters. The summed E-state index contributed by atoms with van der Waals surface area (Å²) in [4.78, 5) is 17.8. The zero-order chi connectivity index (χ0) is 12.1. The van der Waals surface area contributed by atoms with Crippen LogP contribution in [0.3, 0.4) is 0 Å². The molecule has 0 unspecified atom stereocenters. The number of Topliss-reactive ketones (excluding diaryl/α,β-unsaturated/α-hetero) is 1. The van der Waals surface area contributed by atoms with Crippen molar-refractivity contribution in [1.29, 1.82) is 0 Å². The molecule has 1 heterocycles. The van der Waals surface area contributed by atoms with Crippen LogP contribution in [0.25, 0.3) is 0 Å². The molecule has 1 aromatic heterocycles. The summed E-state index contributed by atoms with van der Waals surface area (Å²) in [6.07, 6.45) is 1.70. The molecule has 0 amide bonds. The molecule has 0 bridgehead atoms. The van der Waals surface area contributed by atoms with Crippen LogP contribution < -0.4 is 4.90 Å². The largest absolute Gasteiger partial charge is 0.357 e. The lowest BCUT2D eigenvalue weighted by Crippen LogP contribution is -2.28. The van der Waals surface area contributed by atoms with E-state index in [1.54, 1.807) is 19.2 Å². The molecule has 0 aromatic carbocycles. The van der Waals surface area contributed by atoms with Gasteiger partial charge in [0.05, 0.1) is 0 Å². The molecular weight excluding hydrogens is 200 g/mol. The maximum absolute atomic E-state index is 11.3. The summed E-state index contributed by atoms with van der Waals surface area (Å²) in [5, 5.41) is 0. The van der Waals surface area contributed by atoms with Crippen LogP contribution >= 0.6 is 0 Å². The van der Waals surface area contributed by atoms with Gasteiger partial charge < -0.3 is 4.90 Å². The van der Waals surface area contributed by atoms with E-state index in [0.717, 1.165) is 24.5 Å². The monoisotopic (exact) mass is 220 g/mol. The molecule has 16 heavy (non-hydrogen) atoms. The number of ketones is 1. The van der Waals surface area contributed by atoms with Crippen molar-refractivity contribution < 1.29 is 4.79 Å². The maximum atomic E-state index is 11.3. The predicted molar refractivity (Wildman–Crippen MR) is 67.0 cm³/mol. The number of carbonyl (C=O) groups excluding carboxylic acids is 1. The molecule has 0 aliphatic rings. The molecule has 1 aromatic rings. The van der Waals surface area contributed by atoms with Crippen LogP contribution in [0.5, 0.6) is 0 Å². The van der Waals surface area contributed by atoms with E-state index in [1.165, 1.54) is 0 Å². The number of pyridine rings is 1. The van der Waals surface area contributed by atoms with E-state index >= 15 is 0 Å². The first-order valence-electron chi connectivity index (χ1n) is 5.76. The van der Waals surface area contributed by atoms with Crippen molar-refractivity contribution in [3.63, 3.8) is 0 Å². The molecule has 0 aliphatic carbocycles. The van der Waals surface area contributed by atoms with Crippen LogP contribution in [0, 0.1) is 5.92 Å². The Morgan fingerprint density at radius 1 is 1.50 bits per heavy atom. The quantitative estimate of drug-likeness (QED) is 0.715. The van der Waals surface area contributed by atoms with Gasteiger partial charge in [0.25, 0.3) is 0 Å². The van der Waals surface area contributed by atoms with E-state index < -0.39 is 0 Å². The molecule has 0 radical (unpaired) electrons. The van der Waals surface area contributed by atoms with Gasteiger partial charge in [0.2, 0.25) is 0 Å². The molecular formula is C13H20N2O. The average molecular weight is 220 g/mol. The number of aromatic nitrogens is 1. The van der Waals surface area contributed by atoms with Crippen LogP contribution in [-0.2, 0) is 0 Å². The highest BCUT2D eigenvalue weighted by atomic mass is 16.1. The molecule has 0 N–H and O–H groups in total. The van der Waals surface area contributed by atoms with Crippen molar-refractivity contribution in [2.45, 2.75) is 27.7 Å². The summed E-state index contributed by atoms with van der Waals surface area (Å²) >= 11 is 0. The molecule has 3 nitrogen and oxygen atoms in total. The van der Waals surface area contributed by atoms with E-state index in [1.807, 2.05) is 6.07 Å². The number of hydrogen-bond donors (Lipinski definition) is 0. The summed E-state index contributed by atoms with van der Waals surface area (Å²) in [6.45, 7) is 9.91. The molecule has 0 fully saturated rings. The van der Waals surface area contributed by atoms with E-state index in [-0.39, 0.29) is 5.78 Å². The van der Waals surface area contributed by atoms with Crippen molar-refractivity contribution >= 4 is 11.6 Å². The first kappa shape index (κ1) is 12.7. The Bertz CT molecular complexity index is 361. The van der Waals surface area contributed by atoms with Gasteiger partial charge in [-0.3, -0.25) is 4.79 Å². The highest BCUT2D eigenvalue weighted by Crippen LogP contribution is 2.14. The fourth-order valence-electron chi connectivity index (χ4n) is 1.64. The molecule has 0 aliphatic heterocycles. The minimum absolute atomic E-state index is 0.0873. The van der Waals surface area contributed by atoms with Gasteiger partial charge in [-0.1, -0.05) is 13.8 Å². The third-order valence-corrected chi connectivity index (χ3v) is 2.44. The van der Waals surface area contributed by atoms with Gasteiger partial charge in [-0.25, -0.2) is 4.98 Å². The van der Waals surface area contributed by atoms with Crippen LogP contribution in [0.1, 0.15) is 38.1 Å². The number of hydrogen-bond acceptors (Lipinski definition) is 3. The Kier molecular flexibility index (Phi) is 4.47. The summed E-state index contributed by atoms with van der Waals surface area (Å²) in [5.41, 5.74) is 0.729. The molecule has 0 spiro atoms. The Balaban J connectivity index is 2.92. The van der Waals surface area contributed by atoms with Crippen molar-refractivity contribution in [1.82, 2.24) is 4.98 Å². The van der Waals surface area contributed by atoms with Crippen LogP contribution in [0.2, 0.25) is 0 Å². The minimum Gasteiger partial charge on any atom is -0.357 e. The summed E-state index contributed by atoms with van der Waals surface area (Å²) in [6, 6.07) is 3.63. The van der Waals surface area contributed by atoms with Gasteiger partial charge in [0.1, 0.15) is 5.82 Å². The van der Waals surface area contributed by atoms with Gasteiger partial charge in [-0.15, -0.1) is 0 Å². The van der Waals surface area contributed by atoms with Gasteiger partial charge in [-0.05, 0) is 31.9 Å². The first-order valence-corrected chi connectivity index (χ1v) is 5.76. The lowest BCUT2D eigenvalue weighted by atomic mass is 10.1. The van der Waals surface area contributed by atoms with E-state index in [4.69, 9.17) is 0 Å². The maximum Gasteiger partial charge on any atom is 0.159 e. The fourth-order valence-corrected chi connectivity index (χ4v) is 1.64. The third kappa shape index (κ3) is 3.33. The van der Waals surface area contributed by atoms with Crippen molar-refractivity contribution in [3.05, 3.63) is 23.9 Å². The normalized spacial score (nSPS) is 10.6. The zero-order valence-electron chi connectivity index (χ0n) is 10.5. The third-order valence-electron chi connectivity index (χ3n) is 2.44. The van der Waals surface area contributed by atoms with Crippen LogP contribution in [0.4, 0.5) is 5.82 Å². The van der Waals surface area contributed by atoms with Crippen molar-refractivity contribution in [2.24, 2.45) is 5.92 Å². The van der Waals surface area contributed by atoms with Gasteiger partial charge >= 0.3 is 0 Å². The fraction of sp³-hybridized carbons (Fsp3) is 0.538. The van der Waals surface area contributed by atoms with Gasteiger partial charge in [0, 0.05) is 24.8 Å². The SMILES string of the molecule is CCN(CC(C)C)c1cc(C(C)=O)ccn1. The Labute approximate surface area is 97.5 Å². The second-order valence-corrected chi connectivity index (χ2v) is 4.39. The minimum atomic E-state index is 0.0873. The van der Waals surface area contributed by atoms with Gasteiger partial charge in [0.15, 0.2) is 5.78 Å². The standard InChI is InChI=1S/C13H20N2O/c1-5-15(9-10(2)3)13-8-12(11(4)16)6-7-14-13/h6-8,10H,5,9H2,1-4H3. The van der Waals surface area contributed by atoms with E-state index in [9.17, 15) is 4.79 Å². The first-order chi connectivity index (χ1) is 7.54. The lowest BCUT2D eigenvalue weighted by Gasteiger charge is -2.24. The second-order valence-electron chi connectivity index (χ2n) is 4.39. The zero-order valence-corrected chi connectivity index (χ0v) is 10.5.